The van der Waals surface area contributed by atoms with Gasteiger partial charge in [-0.15, -0.1) is 0 Å². The van der Waals surface area contributed by atoms with Crippen LogP contribution >= 0.6 is 0 Å². The number of amides is 3. The first-order valence-corrected chi connectivity index (χ1v) is 8.55. The van der Waals surface area contributed by atoms with Crippen molar-refractivity contribution in [2.45, 2.75) is 26.3 Å². The minimum Gasteiger partial charge on any atom is -0.497 e. The molecular weight excluding hydrogens is 330 g/mol. The number of nitrogens with zero attached hydrogens (tertiary/aromatic N) is 1. The predicted octanol–water partition coefficient (Wildman–Crippen LogP) is 3.24. The fourth-order valence-corrected chi connectivity index (χ4v) is 2.99. The van der Waals surface area contributed by atoms with Gasteiger partial charge in [-0.1, -0.05) is 6.07 Å². The van der Waals surface area contributed by atoms with Crippen molar-refractivity contribution in [2.24, 2.45) is 0 Å². The third-order valence-corrected chi connectivity index (χ3v) is 4.61. The topological polar surface area (TPSA) is 70.7 Å². The molecule has 136 valence electrons. The summed E-state index contributed by atoms with van der Waals surface area (Å²) in [5.41, 5.74) is 3.83. The van der Waals surface area contributed by atoms with E-state index in [0.717, 1.165) is 22.7 Å². The Morgan fingerprint density at radius 2 is 1.85 bits per heavy atom. The summed E-state index contributed by atoms with van der Waals surface area (Å²) in [7, 11) is 1.60. The summed E-state index contributed by atoms with van der Waals surface area (Å²) in [6.45, 7) is 4.48. The molecule has 0 aliphatic carbocycles. The first-order valence-electron chi connectivity index (χ1n) is 8.55. The highest BCUT2D eigenvalue weighted by Crippen LogP contribution is 2.24. The highest BCUT2D eigenvalue weighted by atomic mass is 16.5. The molecule has 1 heterocycles. The number of aryl methyl sites for hydroxylation is 2. The zero-order valence-electron chi connectivity index (χ0n) is 15.2. The molecule has 0 aromatic heterocycles. The quantitative estimate of drug-likeness (QED) is 0.886. The van der Waals surface area contributed by atoms with Crippen molar-refractivity contribution in [3.63, 3.8) is 0 Å². The number of ether oxygens (including phenoxy) is 1. The van der Waals surface area contributed by atoms with E-state index in [4.69, 9.17) is 4.74 Å². The van der Waals surface area contributed by atoms with Gasteiger partial charge in [-0.05, 0) is 61.4 Å². The van der Waals surface area contributed by atoms with E-state index in [9.17, 15) is 9.59 Å². The number of carbonyl (C=O) groups is 2. The number of rotatable bonds is 4. The van der Waals surface area contributed by atoms with Crippen molar-refractivity contribution in [3.8, 4) is 5.75 Å². The Hall–Kier alpha value is -3.02. The molecule has 0 radical (unpaired) electrons. The Labute approximate surface area is 153 Å². The van der Waals surface area contributed by atoms with Crippen LogP contribution in [-0.2, 0) is 4.79 Å². The first kappa shape index (κ1) is 17.8. The molecule has 0 saturated carbocycles. The average Bonchev–Trinajstić information content (AvgIpc) is 2.98. The lowest BCUT2D eigenvalue weighted by Gasteiger charge is -2.18. The van der Waals surface area contributed by atoms with Crippen LogP contribution in [0.5, 0.6) is 5.75 Å². The van der Waals surface area contributed by atoms with Crippen molar-refractivity contribution in [2.75, 3.05) is 23.9 Å². The fraction of sp³-hybridized carbons (Fsp3) is 0.300. The van der Waals surface area contributed by atoms with Crippen LogP contribution in [0.2, 0.25) is 0 Å². The van der Waals surface area contributed by atoms with E-state index >= 15 is 0 Å². The van der Waals surface area contributed by atoms with Gasteiger partial charge < -0.3 is 20.3 Å². The maximum absolute atomic E-state index is 12.3. The SMILES string of the molecule is COc1ccc(N2C[C@H](NC(=O)Nc3ccc(C)c(C)c3)CC2=O)cc1. The van der Waals surface area contributed by atoms with Gasteiger partial charge in [0.2, 0.25) is 5.91 Å². The van der Waals surface area contributed by atoms with Crippen LogP contribution in [0.3, 0.4) is 0 Å². The number of anilines is 2. The lowest BCUT2D eigenvalue weighted by atomic mass is 10.1. The van der Waals surface area contributed by atoms with Crippen LogP contribution in [0.15, 0.2) is 42.5 Å². The molecule has 2 N–H and O–H groups in total. The second-order valence-electron chi connectivity index (χ2n) is 6.50. The molecule has 1 aliphatic heterocycles. The van der Waals surface area contributed by atoms with Gasteiger partial charge in [0, 0.05) is 24.3 Å². The van der Waals surface area contributed by atoms with Crippen molar-refractivity contribution in [1.29, 1.82) is 0 Å². The molecule has 0 unspecified atom stereocenters. The number of urea groups is 1. The van der Waals surface area contributed by atoms with Crippen LogP contribution in [0.4, 0.5) is 16.2 Å². The van der Waals surface area contributed by atoms with E-state index in [-0.39, 0.29) is 24.4 Å². The average molecular weight is 353 g/mol. The van der Waals surface area contributed by atoms with Crippen LogP contribution < -0.4 is 20.3 Å². The van der Waals surface area contributed by atoms with Crippen LogP contribution in [0.25, 0.3) is 0 Å². The van der Waals surface area contributed by atoms with E-state index in [1.54, 1.807) is 12.0 Å². The molecule has 1 fully saturated rings. The van der Waals surface area contributed by atoms with Gasteiger partial charge in [-0.25, -0.2) is 4.79 Å². The monoisotopic (exact) mass is 353 g/mol. The third kappa shape index (κ3) is 3.96. The highest BCUT2D eigenvalue weighted by molar-refractivity contribution is 5.97. The lowest BCUT2D eigenvalue weighted by Crippen LogP contribution is -2.39. The van der Waals surface area contributed by atoms with Gasteiger partial charge >= 0.3 is 6.03 Å². The molecular formula is C20H23N3O3. The molecule has 26 heavy (non-hydrogen) atoms. The zero-order valence-corrected chi connectivity index (χ0v) is 15.2. The summed E-state index contributed by atoms with van der Waals surface area (Å²) in [5.74, 6) is 0.731. The lowest BCUT2D eigenvalue weighted by molar-refractivity contribution is -0.117. The molecule has 6 nitrogen and oxygen atoms in total. The molecule has 0 bridgehead atoms. The molecule has 1 saturated heterocycles. The van der Waals surface area contributed by atoms with Crippen LogP contribution in [0.1, 0.15) is 17.5 Å². The predicted molar refractivity (Wildman–Crippen MR) is 102 cm³/mol. The Bertz CT molecular complexity index is 818. The number of carbonyl (C=O) groups excluding carboxylic acids is 2. The molecule has 1 atom stereocenters. The zero-order chi connectivity index (χ0) is 18.7. The largest absolute Gasteiger partial charge is 0.497 e. The number of methoxy groups -OCH3 is 1. The smallest absolute Gasteiger partial charge is 0.319 e. The summed E-state index contributed by atoms with van der Waals surface area (Å²) >= 11 is 0. The summed E-state index contributed by atoms with van der Waals surface area (Å²) in [6.07, 6.45) is 0.284. The van der Waals surface area contributed by atoms with Gasteiger partial charge in [0.25, 0.3) is 0 Å². The van der Waals surface area contributed by atoms with Crippen LogP contribution in [-0.4, -0.2) is 31.6 Å². The second kappa shape index (κ2) is 7.47. The minimum atomic E-state index is -0.303. The Morgan fingerprint density at radius 1 is 1.12 bits per heavy atom. The molecule has 1 aliphatic rings. The van der Waals surface area contributed by atoms with E-state index in [0.29, 0.717) is 6.54 Å². The Kier molecular flexibility index (Phi) is 5.11. The minimum absolute atomic E-state index is 0.00773. The van der Waals surface area contributed by atoms with E-state index in [1.165, 1.54) is 5.56 Å². The maximum atomic E-state index is 12.3. The van der Waals surface area contributed by atoms with Crippen LogP contribution in [0, 0.1) is 13.8 Å². The van der Waals surface area contributed by atoms with E-state index in [1.807, 2.05) is 56.3 Å². The van der Waals surface area contributed by atoms with Crippen molar-refractivity contribution < 1.29 is 14.3 Å². The first-order chi connectivity index (χ1) is 12.5. The Morgan fingerprint density at radius 3 is 2.50 bits per heavy atom. The highest BCUT2D eigenvalue weighted by Gasteiger charge is 2.31. The summed E-state index contributed by atoms with van der Waals surface area (Å²) < 4.78 is 5.14. The molecule has 3 rings (SSSR count). The summed E-state index contributed by atoms with van der Waals surface area (Å²) in [4.78, 5) is 26.2. The molecule has 2 aromatic carbocycles. The number of hydrogen-bond donors (Lipinski definition) is 2. The van der Waals surface area contributed by atoms with E-state index < -0.39 is 0 Å². The van der Waals surface area contributed by atoms with Crippen molar-refractivity contribution in [3.05, 3.63) is 53.6 Å². The maximum Gasteiger partial charge on any atom is 0.319 e. The van der Waals surface area contributed by atoms with E-state index in [2.05, 4.69) is 10.6 Å². The number of hydrogen-bond acceptors (Lipinski definition) is 3. The van der Waals surface area contributed by atoms with Gasteiger partial charge in [-0.3, -0.25) is 4.79 Å². The summed E-state index contributed by atoms with van der Waals surface area (Å²) in [5, 5.41) is 5.70. The fourth-order valence-electron chi connectivity index (χ4n) is 2.99. The number of nitrogens with one attached hydrogen (secondary N) is 2. The third-order valence-electron chi connectivity index (χ3n) is 4.61. The normalized spacial score (nSPS) is 16.5. The Balaban J connectivity index is 1.59. The van der Waals surface area contributed by atoms with Crippen molar-refractivity contribution in [1.82, 2.24) is 5.32 Å². The molecule has 3 amide bonds. The molecule has 0 spiro atoms. The van der Waals surface area contributed by atoms with Crippen molar-refractivity contribution >= 4 is 23.3 Å². The molecule has 6 heteroatoms. The standard InChI is InChI=1S/C20H23N3O3/c1-13-4-5-15(10-14(13)2)21-20(25)22-16-11-19(24)23(12-16)17-6-8-18(26-3)9-7-17/h4-10,16H,11-12H2,1-3H3,(H2,21,22,25)/t16-/m1/s1. The second-order valence-corrected chi connectivity index (χ2v) is 6.50. The van der Waals surface area contributed by atoms with Gasteiger partial charge in [0.15, 0.2) is 0 Å². The molecule has 2 aromatic rings. The summed E-state index contributed by atoms with van der Waals surface area (Å²) in [6, 6.07) is 12.5. The van der Waals surface area contributed by atoms with Gasteiger partial charge in [-0.2, -0.15) is 0 Å². The van der Waals surface area contributed by atoms with Gasteiger partial charge in [0.05, 0.1) is 13.2 Å². The van der Waals surface area contributed by atoms with Gasteiger partial charge in [0.1, 0.15) is 5.75 Å². The number of benzene rings is 2.